The number of methoxy groups -OCH3 is 1. The fourth-order valence-electron chi connectivity index (χ4n) is 2.53. The van der Waals surface area contributed by atoms with E-state index in [2.05, 4.69) is 0 Å². The van der Waals surface area contributed by atoms with Gasteiger partial charge in [-0.1, -0.05) is 0 Å². The summed E-state index contributed by atoms with van der Waals surface area (Å²) in [6, 6.07) is 4.94. The standard InChI is InChI=1S/C13H20N2O3S/c1-10-8-12(18-2)5-6-13(10)19(16,17)15-7-3-4-11(15)9-14/h5-6,8,11H,3-4,7,9,14H2,1-2H3/t11-/m1/s1. The van der Waals surface area contributed by atoms with Crippen molar-refractivity contribution in [2.45, 2.75) is 30.7 Å². The fourth-order valence-corrected chi connectivity index (χ4v) is 4.44. The van der Waals surface area contributed by atoms with E-state index in [1.165, 1.54) is 4.31 Å². The van der Waals surface area contributed by atoms with Crippen LogP contribution in [0.25, 0.3) is 0 Å². The monoisotopic (exact) mass is 284 g/mol. The van der Waals surface area contributed by atoms with Gasteiger partial charge in [0.05, 0.1) is 12.0 Å². The Hall–Kier alpha value is -1.11. The molecule has 5 nitrogen and oxygen atoms in total. The SMILES string of the molecule is COc1ccc(S(=O)(=O)N2CCC[C@@H]2CN)c(C)c1. The summed E-state index contributed by atoms with van der Waals surface area (Å²) < 4.78 is 31.9. The summed E-state index contributed by atoms with van der Waals surface area (Å²) in [6.07, 6.45) is 1.71. The lowest BCUT2D eigenvalue weighted by Crippen LogP contribution is -2.40. The topological polar surface area (TPSA) is 72.6 Å². The van der Waals surface area contributed by atoms with Crippen LogP contribution in [-0.2, 0) is 10.0 Å². The van der Waals surface area contributed by atoms with Crippen LogP contribution >= 0.6 is 0 Å². The van der Waals surface area contributed by atoms with E-state index in [9.17, 15) is 8.42 Å². The normalized spacial score (nSPS) is 20.7. The Labute approximate surface area is 114 Å². The van der Waals surface area contributed by atoms with Gasteiger partial charge in [0.15, 0.2) is 0 Å². The molecule has 1 atom stereocenters. The van der Waals surface area contributed by atoms with Crippen LogP contribution in [0.2, 0.25) is 0 Å². The second-order valence-corrected chi connectivity index (χ2v) is 6.64. The van der Waals surface area contributed by atoms with Gasteiger partial charge in [-0.3, -0.25) is 0 Å². The van der Waals surface area contributed by atoms with E-state index in [4.69, 9.17) is 10.5 Å². The molecule has 19 heavy (non-hydrogen) atoms. The molecule has 106 valence electrons. The maximum Gasteiger partial charge on any atom is 0.243 e. The van der Waals surface area contributed by atoms with Crippen molar-refractivity contribution >= 4 is 10.0 Å². The molecular weight excluding hydrogens is 264 g/mol. The molecule has 1 heterocycles. The molecule has 0 aliphatic carbocycles. The summed E-state index contributed by atoms with van der Waals surface area (Å²) in [5, 5.41) is 0. The molecule has 0 amide bonds. The van der Waals surface area contributed by atoms with E-state index in [0.29, 0.717) is 29.3 Å². The van der Waals surface area contributed by atoms with Crippen molar-refractivity contribution in [1.82, 2.24) is 4.31 Å². The largest absolute Gasteiger partial charge is 0.497 e. The average Bonchev–Trinajstić information content (AvgIpc) is 2.87. The summed E-state index contributed by atoms with van der Waals surface area (Å²) >= 11 is 0. The van der Waals surface area contributed by atoms with Crippen LogP contribution in [0.5, 0.6) is 5.75 Å². The number of benzene rings is 1. The molecule has 1 fully saturated rings. The van der Waals surface area contributed by atoms with Crippen molar-refractivity contribution in [1.29, 1.82) is 0 Å². The highest BCUT2D eigenvalue weighted by Crippen LogP contribution is 2.29. The number of ether oxygens (including phenoxy) is 1. The fraction of sp³-hybridized carbons (Fsp3) is 0.538. The Morgan fingerprint density at radius 1 is 1.47 bits per heavy atom. The maximum atomic E-state index is 12.7. The van der Waals surface area contributed by atoms with Gasteiger partial charge in [-0.15, -0.1) is 0 Å². The van der Waals surface area contributed by atoms with Gasteiger partial charge in [0.1, 0.15) is 5.75 Å². The Morgan fingerprint density at radius 3 is 2.79 bits per heavy atom. The van der Waals surface area contributed by atoms with Gasteiger partial charge in [0, 0.05) is 19.1 Å². The number of sulfonamides is 1. The van der Waals surface area contributed by atoms with Crippen molar-refractivity contribution in [3.8, 4) is 5.75 Å². The van der Waals surface area contributed by atoms with Crippen molar-refractivity contribution in [3.63, 3.8) is 0 Å². The number of nitrogens with zero attached hydrogens (tertiary/aromatic N) is 1. The van der Waals surface area contributed by atoms with Gasteiger partial charge in [-0.05, 0) is 43.5 Å². The predicted octanol–water partition coefficient (Wildman–Crippen LogP) is 1.12. The van der Waals surface area contributed by atoms with Crippen LogP contribution in [0, 0.1) is 6.92 Å². The molecule has 1 aromatic rings. The van der Waals surface area contributed by atoms with Crippen molar-refractivity contribution in [3.05, 3.63) is 23.8 Å². The van der Waals surface area contributed by atoms with Crippen molar-refractivity contribution in [2.24, 2.45) is 5.73 Å². The Balaban J connectivity index is 2.39. The second kappa shape index (κ2) is 5.48. The highest BCUT2D eigenvalue weighted by Gasteiger charge is 2.35. The number of nitrogens with two attached hydrogens (primary N) is 1. The summed E-state index contributed by atoms with van der Waals surface area (Å²) in [6.45, 7) is 2.70. The highest BCUT2D eigenvalue weighted by molar-refractivity contribution is 7.89. The van der Waals surface area contributed by atoms with Crippen LogP contribution in [-0.4, -0.2) is 39.0 Å². The molecule has 0 aromatic heterocycles. The van der Waals surface area contributed by atoms with E-state index in [1.807, 2.05) is 0 Å². The molecule has 1 aromatic carbocycles. The first kappa shape index (κ1) is 14.3. The predicted molar refractivity (Wildman–Crippen MR) is 73.7 cm³/mol. The molecule has 0 spiro atoms. The zero-order valence-corrected chi connectivity index (χ0v) is 12.1. The number of aryl methyl sites for hydroxylation is 1. The first-order valence-electron chi connectivity index (χ1n) is 6.37. The van der Waals surface area contributed by atoms with Gasteiger partial charge in [0.2, 0.25) is 10.0 Å². The molecule has 1 aliphatic heterocycles. The number of hydrogen-bond acceptors (Lipinski definition) is 4. The molecule has 0 radical (unpaired) electrons. The molecule has 0 unspecified atom stereocenters. The van der Waals surface area contributed by atoms with Crippen LogP contribution in [0.4, 0.5) is 0 Å². The van der Waals surface area contributed by atoms with Gasteiger partial charge in [-0.25, -0.2) is 8.42 Å². The van der Waals surface area contributed by atoms with Crippen molar-refractivity contribution in [2.75, 3.05) is 20.2 Å². The molecule has 2 rings (SSSR count). The third kappa shape index (κ3) is 2.61. The minimum atomic E-state index is -3.46. The van der Waals surface area contributed by atoms with Crippen LogP contribution in [0.15, 0.2) is 23.1 Å². The highest BCUT2D eigenvalue weighted by atomic mass is 32.2. The van der Waals surface area contributed by atoms with Crippen LogP contribution in [0.3, 0.4) is 0 Å². The van der Waals surface area contributed by atoms with Gasteiger partial charge in [0.25, 0.3) is 0 Å². The molecular formula is C13H20N2O3S. The second-order valence-electron chi connectivity index (χ2n) is 4.78. The van der Waals surface area contributed by atoms with E-state index in [0.717, 1.165) is 12.8 Å². The van der Waals surface area contributed by atoms with E-state index >= 15 is 0 Å². The third-order valence-corrected chi connectivity index (χ3v) is 5.68. The zero-order valence-electron chi connectivity index (χ0n) is 11.3. The smallest absolute Gasteiger partial charge is 0.243 e. The first-order valence-corrected chi connectivity index (χ1v) is 7.81. The Kier molecular flexibility index (Phi) is 4.13. The lowest BCUT2D eigenvalue weighted by atomic mass is 10.2. The summed E-state index contributed by atoms with van der Waals surface area (Å²) in [5.74, 6) is 0.660. The maximum absolute atomic E-state index is 12.7. The van der Waals surface area contributed by atoms with E-state index < -0.39 is 10.0 Å². The first-order chi connectivity index (χ1) is 9.00. The van der Waals surface area contributed by atoms with E-state index in [-0.39, 0.29) is 6.04 Å². The molecule has 2 N–H and O–H groups in total. The molecule has 0 saturated carbocycles. The van der Waals surface area contributed by atoms with Gasteiger partial charge in [-0.2, -0.15) is 4.31 Å². The lowest BCUT2D eigenvalue weighted by molar-refractivity contribution is 0.392. The molecule has 0 bridgehead atoms. The number of hydrogen-bond donors (Lipinski definition) is 1. The molecule has 6 heteroatoms. The summed E-state index contributed by atoms with van der Waals surface area (Å²) in [7, 11) is -1.89. The number of rotatable bonds is 4. The summed E-state index contributed by atoms with van der Waals surface area (Å²) in [5.41, 5.74) is 6.35. The van der Waals surface area contributed by atoms with Crippen LogP contribution in [0.1, 0.15) is 18.4 Å². The quantitative estimate of drug-likeness (QED) is 0.899. The minimum Gasteiger partial charge on any atom is -0.497 e. The van der Waals surface area contributed by atoms with Gasteiger partial charge < -0.3 is 10.5 Å². The Morgan fingerprint density at radius 2 is 2.21 bits per heavy atom. The van der Waals surface area contributed by atoms with Crippen LogP contribution < -0.4 is 10.5 Å². The summed E-state index contributed by atoms with van der Waals surface area (Å²) in [4.78, 5) is 0.341. The van der Waals surface area contributed by atoms with E-state index in [1.54, 1.807) is 32.2 Å². The van der Waals surface area contributed by atoms with Gasteiger partial charge >= 0.3 is 0 Å². The molecule has 1 aliphatic rings. The average molecular weight is 284 g/mol. The molecule has 1 saturated heterocycles. The Bertz CT molecular complexity index is 557. The zero-order chi connectivity index (χ0) is 14.0. The van der Waals surface area contributed by atoms with Crippen molar-refractivity contribution < 1.29 is 13.2 Å². The lowest BCUT2D eigenvalue weighted by Gasteiger charge is -2.23. The third-order valence-electron chi connectivity index (χ3n) is 3.56. The minimum absolute atomic E-state index is 0.0773.